The summed E-state index contributed by atoms with van der Waals surface area (Å²) in [7, 11) is 1.70. The van der Waals surface area contributed by atoms with Gasteiger partial charge in [-0.05, 0) is 97.3 Å². The predicted molar refractivity (Wildman–Crippen MR) is 218 cm³/mol. The molecule has 0 saturated carbocycles. The van der Waals surface area contributed by atoms with Crippen LogP contribution in [0.5, 0.6) is 17.2 Å². The number of carbonyl (C=O) groups excluding carboxylic acids is 3. The SMILES string of the molecule is COc1cccc(C2C(c3ccc(N4CCC(CN5CCN(c6ccc7c(c6)CN([C@H]6CCC(=O)NC6=O)C7=O)CC5)CC4)cc3)c3ccc(O)cc3O[C@H]2C)c1. The summed E-state index contributed by atoms with van der Waals surface area (Å²) >= 11 is 0. The average molecular weight is 770 g/mol. The van der Waals surface area contributed by atoms with Crippen LogP contribution in [0.1, 0.15) is 77.1 Å². The lowest BCUT2D eigenvalue weighted by Crippen LogP contribution is -2.52. The number of nitrogens with zero attached hydrogens (tertiary/aromatic N) is 4. The van der Waals surface area contributed by atoms with Crippen molar-refractivity contribution in [1.29, 1.82) is 0 Å². The van der Waals surface area contributed by atoms with E-state index in [0.717, 1.165) is 87.0 Å². The molecule has 4 aromatic rings. The van der Waals surface area contributed by atoms with Crippen molar-refractivity contribution in [1.82, 2.24) is 15.1 Å². The summed E-state index contributed by atoms with van der Waals surface area (Å²) in [4.78, 5) is 46.4. The number of phenolic OH excluding ortho intramolecular Hbond substituents is 1. The lowest BCUT2D eigenvalue weighted by molar-refractivity contribution is -0.136. The minimum absolute atomic E-state index is 0.0546. The van der Waals surface area contributed by atoms with Crippen molar-refractivity contribution in [2.75, 3.05) is 62.7 Å². The molecule has 296 valence electrons. The number of piperidine rings is 2. The summed E-state index contributed by atoms with van der Waals surface area (Å²) in [5.74, 6) is 1.78. The van der Waals surface area contributed by atoms with E-state index in [9.17, 15) is 19.5 Å². The number of hydrogen-bond acceptors (Lipinski definition) is 9. The van der Waals surface area contributed by atoms with Gasteiger partial charge in [-0.15, -0.1) is 0 Å². The summed E-state index contributed by atoms with van der Waals surface area (Å²) in [6.45, 7) is 9.58. The largest absolute Gasteiger partial charge is 0.508 e. The van der Waals surface area contributed by atoms with Crippen molar-refractivity contribution in [3.05, 3.63) is 113 Å². The number of hydrogen-bond donors (Lipinski definition) is 2. The molecule has 5 aliphatic heterocycles. The highest BCUT2D eigenvalue weighted by molar-refractivity contribution is 6.05. The van der Waals surface area contributed by atoms with E-state index in [0.29, 0.717) is 24.4 Å². The smallest absolute Gasteiger partial charge is 0.255 e. The summed E-state index contributed by atoms with van der Waals surface area (Å²) in [5, 5.41) is 12.7. The number of anilines is 2. The Morgan fingerprint density at radius 2 is 1.56 bits per heavy atom. The first-order valence-corrected chi connectivity index (χ1v) is 20.5. The van der Waals surface area contributed by atoms with Gasteiger partial charge in [0.1, 0.15) is 29.4 Å². The van der Waals surface area contributed by atoms with Gasteiger partial charge in [-0.2, -0.15) is 0 Å². The molecule has 3 saturated heterocycles. The molecule has 5 aliphatic rings. The summed E-state index contributed by atoms with van der Waals surface area (Å²) in [5.41, 5.74) is 7.46. The zero-order valence-electron chi connectivity index (χ0n) is 32.7. The van der Waals surface area contributed by atoms with Crippen molar-refractivity contribution in [2.24, 2.45) is 5.92 Å². The van der Waals surface area contributed by atoms with Crippen LogP contribution in [0.4, 0.5) is 11.4 Å². The fourth-order valence-electron chi connectivity index (χ4n) is 9.90. The van der Waals surface area contributed by atoms with Crippen molar-refractivity contribution < 1.29 is 29.0 Å². The van der Waals surface area contributed by atoms with E-state index in [1.165, 1.54) is 16.8 Å². The number of carbonyl (C=O) groups is 3. The topological polar surface area (TPSA) is 115 Å². The summed E-state index contributed by atoms with van der Waals surface area (Å²) in [6, 6.07) is 28.4. The highest BCUT2D eigenvalue weighted by Gasteiger charge is 2.40. The molecular formula is C46H51N5O6. The van der Waals surface area contributed by atoms with E-state index in [4.69, 9.17) is 9.47 Å². The third-order valence-electron chi connectivity index (χ3n) is 13.0. The van der Waals surface area contributed by atoms with Crippen LogP contribution in [0.3, 0.4) is 0 Å². The van der Waals surface area contributed by atoms with E-state index in [1.807, 2.05) is 30.3 Å². The lowest BCUT2D eigenvalue weighted by atomic mass is 9.73. The van der Waals surface area contributed by atoms with Gasteiger partial charge < -0.3 is 29.3 Å². The van der Waals surface area contributed by atoms with E-state index in [2.05, 4.69) is 69.4 Å². The minimum atomic E-state index is -0.594. The van der Waals surface area contributed by atoms with Crippen LogP contribution in [-0.4, -0.2) is 97.7 Å². The molecule has 11 nitrogen and oxygen atoms in total. The molecule has 0 radical (unpaired) electrons. The standard InChI is InChI=1S/C46H51N5O6/c1-29-43(32-4-3-5-37(25-32)56-2)44(39-13-11-36(52)26-41(39)57-29)31-6-8-34(9-7-31)49-18-16-30(17-19-49)27-48-20-22-50(23-21-48)35-10-12-38-33(24-35)28-51(46(38)55)40-14-15-42(53)47-45(40)54/h3-13,24-26,29-30,40,43-44,52H,14-23,27-28H2,1-2H3,(H,47,53,54)/t29-,40-,43?,44?/m0/s1. The number of piperazine rings is 1. The van der Waals surface area contributed by atoms with Gasteiger partial charge in [-0.25, -0.2) is 0 Å². The van der Waals surface area contributed by atoms with Gasteiger partial charge in [-0.3, -0.25) is 24.6 Å². The summed E-state index contributed by atoms with van der Waals surface area (Å²) in [6.07, 6.45) is 2.85. The van der Waals surface area contributed by atoms with Crippen LogP contribution >= 0.6 is 0 Å². The molecule has 9 rings (SSSR count). The molecule has 2 unspecified atom stereocenters. The first-order chi connectivity index (χ1) is 27.7. The first-order valence-electron chi connectivity index (χ1n) is 20.5. The van der Waals surface area contributed by atoms with Crippen molar-refractivity contribution in [2.45, 2.75) is 63.1 Å². The lowest BCUT2D eigenvalue weighted by Gasteiger charge is -2.40. The number of fused-ring (bicyclic) bond motifs is 2. The van der Waals surface area contributed by atoms with Crippen LogP contribution in [0.15, 0.2) is 84.9 Å². The fraction of sp³-hybridized carbons (Fsp3) is 0.413. The van der Waals surface area contributed by atoms with Gasteiger partial charge in [0.2, 0.25) is 11.8 Å². The second-order valence-corrected chi connectivity index (χ2v) is 16.4. The Hall–Kier alpha value is -5.55. The highest BCUT2D eigenvalue weighted by atomic mass is 16.5. The number of ether oxygens (including phenoxy) is 2. The van der Waals surface area contributed by atoms with Crippen molar-refractivity contribution >= 4 is 29.1 Å². The number of methoxy groups -OCH3 is 1. The molecule has 0 aromatic heterocycles. The van der Waals surface area contributed by atoms with E-state index >= 15 is 0 Å². The van der Waals surface area contributed by atoms with Crippen LogP contribution in [0, 0.1) is 5.92 Å². The minimum Gasteiger partial charge on any atom is -0.508 e. The Labute approximate surface area is 334 Å². The Morgan fingerprint density at radius 3 is 2.32 bits per heavy atom. The summed E-state index contributed by atoms with van der Waals surface area (Å²) < 4.78 is 12.0. The Kier molecular flexibility index (Phi) is 10.0. The maximum atomic E-state index is 13.2. The van der Waals surface area contributed by atoms with E-state index in [1.54, 1.807) is 24.1 Å². The molecule has 3 fully saturated rings. The third-order valence-corrected chi connectivity index (χ3v) is 13.0. The number of amides is 3. The van der Waals surface area contributed by atoms with Crippen LogP contribution < -0.4 is 24.6 Å². The Morgan fingerprint density at radius 1 is 0.807 bits per heavy atom. The zero-order chi connectivity index (χ0) is 39.2. The molecule has 57 heavy (non-hydrogen) atoms. The molecule has 2 N–H and O–H groups in total. The Bertz CT molecular complexity index is 2160. The van der Waals surface area contributed by atoms with Crippen molar-refractivity contribution in [3.8, 4) is 17.2 Å². The highest BCUT2D eigenvalue weighted by Crippen LogP contribution is 2.50. The monoisotopic (exact) mass is 769 g/mol. The number of nitrogens with one attached hydrogen (secondary N) is 1. The normalized spacial score (nSPS) is 24.2. The first kappa shape index (κ1) is 37.1. The van der Waals surface area contributed by atoms with Crippen LogP contribution in [-0.2, 0) is 16.1 Å². The Balaban J connectivity index is 0.796. The average Bonchev–Trinajstić information content (AvgIpc) is 3.55. The van der Waals surface area contributed by atoms with Gasteiger partial charge in [0, 0.05) is 99.2 Å². The van der Waals surface area contributed by atoms with E-state index in [-0.39, 0.29) is 47.8 Å². The van der Waals surface area contributed by atoms with Gasteiger partial charge in [0.15, 0.2) is 0 Å². The van der Waals surface area contributed by atoms with Gasteiger partial charge in [-0.1, -0.05) is 30.3 Å². The molecule has 5 heterocycles. The van der Waals surface area contributed by atoms with Crippen molar-refractivity contribution in [3.63, 3.8) is 0 Å². The predicted octanol–water partition coefficient (Wildman–Crippen LogP) is 5.90. The van der Waals surface area contributed by atoms with Gasteiger partial charge in [0.05, 0.1) is 7.11 Å². The molecule has 0 spiro atoms. The molecule has 4 atom stereocenters. The second kappa shape index (κ2) is 15.4. The quantitative estimate of drug-likeness (QED) is 0.212. The third kappa shape index (κ3) is 7.29. The maximum Gasteiger partial charge on any atom is 0.255 e. The van der Waals surface area contributed by atoms with Crippen LogP contribution in [0.2, 0.25) is 0 Å². The molecular weight excluding hydrogens is 719 g/mol. The number of aromatic hydroxyl groups is 1. The maximum absolute atomic E-state index is 13.2. The number of imide groups is 1. The van der Waals surface area contributed by atoms with Gasteiger partial charge in [0.25, 0.3) is 5.91 Å². The second-order valence-electron chi connectivity index (χ2n) is 16.4. The molecule has 0 bridgehead atoms. The number of phenols is 1. The molecule has 3 amide bonds. The van der Waals surface area contributed by atoms with E-state index < -0.39 is 6.04 Å². The van der Waals surface area contributed by atoms with Crippen LogP contribution in [0.25, 0.3) is 0 Å². The number of benzene rings is 4. The van der Waals surface area contributed by atoms with Gasteiger partial charge >= 0.3 is 0 Å². The molecule has 11 heteroatoms. The zero-order valence-corrected chi connectivity index (χ0v) is 32.7. The number of rotatable bonds is 8. The molecule has 4 aromatic carbocycles. The fourth-order valence-corrected chi connectivity index (χ4v) is 9.90. The molecule has 0 aliphatic carbocycles.